The van der Waals surface area contributed by atoms with Gasteiger partial charge in [0.1, 0.15) is 7.05 Å². The zero-order valence-corrected chi connectivity index (χ0v) is 16.5. The fraction of sp³-hybridized carbons (Fsp3) is 0.208. The summed E-state index contributed by atoms with van der Waals surface area (Å²) in [5.74, 6) is 0. The molecule has 0 amide bonds. The zero-order valence-electron chi connectivity index (χ0n) is 16.5. The summed E-state index contributed by atoms with van der Waals surface area (Å²) in [6.07, 6.45) is 5.86. The average molecular weight is 354 g/mol. The van der Waals surface area contributed by atoms with Gasteiger partial charge in [-0.25, -0.2) is 4.57 Å². The molecular weight excluding hydrogens is 330 g/mol. The molecule has 0 atom stereocenters. The second kappa shape index (κ2) is 6.58. The molecule has 0 N–H and O–H groups in total. The van der Waals surface area contributed by atoms with Crippen molar-refractivity contribution in [2.45, 2.75) is 27.7 Å². The van der Waals surface area contributed by atoms with Crippen molar-refractivity contribution >= 4 is 10.8 Å². The van der Waals surface area contributed by atoms with E-state index in [-0.39, 0.29) is 0 Å². The summed E-state index contributed by atoms with van der Waals surface area (Å²) in [4.78, 5) is 8.90. The highest BCUT2D eigenvalue weighted by Crippen LogP contribution is 2.28. The van der Waals surface area contributed by atoms with E-state index in [4.69, 9.17) is 0 Å². The van der Waals surface area contributed by atoms with Crippen molar-refractivity contribution in [1.29, 1.82) is 0 Å². The van der Waals surface area contributed by atoms with Gasteiger partial charge in [-0.1, -0.05) is 17.7 Å². The first-order valence-electron chi connectivity index (χ1n) is 9.23. The quantitative estimate of drug-likeness (QED) is 0.473. The fourth-order valence-corrected chi connectivity index (χ4v) is 3.62. The minimum Gasteiger partial charge on any atom is -0.258 e. The maximum absolute atomic E-state index is 4.52. The summed E-state index contributed by atoms with van der Waals surface area (Å²) in [5, 5.41) is 2.42. The molecular formula is C24H24N3+. The van der Waals surface area contributed by atoms with Crippen LogP contribution in [-0.2, 0) is 7.05 Å². The van der Waals surface area contributed by atoms with Crippen molar-refractivity contribution in [3.63, 3.8) is 0 Å². The highest BCUT2D eigenvalue weighted by atomic mass is 14.9. The Labute approximate surface area is 160 Å². The van der Waals surface area contributed by atoms with E-state index in [1.165, 1.54) is 38.7 Å². The molecule has 27 heavy (non-hydrogen) atoms. The highest BCUT2D eigenvalue weighted by Gasteiger charge is 2.16. The van der Waals surface area contributed by atoms with E-state index in [1.807, 2.05) is 19.3 Å². The number of hydrogen-bond donors (Lipinski definition) is 0. The molecule has 3 heteroatoms. The maximum Gasteiger partial charge on any atom is 0.213 e. The first-order valence-corrected chi connectivity index (χ1v) is 9.23. The van der Waals surface area contributed by atoms with E-state index in [0.29, 0.717) is 0 Å². The summed E-state index contributed by atoms with van der Waals surface area (Å²) in [5.41, 5.74) is 9.38. The van der Waals surface area contributed by atoms with Crippen molar-refractivity contribution in [1.82, 2.24) is 9.97 Å². The van der Waals surface area contributed by atoms with Crippen molar-refractivity contribution in [2.75, 3.05) is 0 Å². The molecule has 0 spiro atoms. The summed E-state index contributed by atoms with van der Waals surface area (Å²) in [6, 6.07) is 13.3. The van der Waals surface area contributed by atoms with Crippen LogP contribution in [0.15, 0.2) is 55.0 Å². The van der Waals surface area contributed by atoms with Crippen LogP contribution in [0.4, 0.5) is 0 Å². The number of benzene rings is 2. The Hall–Kier alpha value is -3.07. The Kier molecular flexibility index (Phi) is 4.23. The fourth-order valence-electron chi connectivity index (χ4n) is 3.62. The lowest BCUT2D eigenvalue weighted by atomic mass is 9.96. The van der Waals surface area contributed by atoms with Crippen LogP contribution in [0.25, 0.3) is 33.3 Å². The van der Waals surface area contributed by atoms with Crippen LogP contribution in [-0.4, -0.2) is 9.97 Å². The largest absolute Gasteiger partial charge is 0.258 e. The van der Waals surface area contributed by atoms with E-state index in [1.54, 1.807) is 0 Å². The number of fused-ring (bicyclic) bond motifs is 1. The van der Waals surface area contributed by atoms with Gasteiger partial charge >= 0.3 is 0 Å². The second-order valence-electron chi connectivity index (χ2n) is 7.41. The number of hydrogen-bond acceptors (Lipinski definition) is 2. The number of nitrogens with zero attached hydrogens (tertiary/aromatic N) is 3. The van der Waals surface area contributed by atoms with Gasteiger partial charge in [0, 0.05) is 28.8 Å². The molecule has 0 unspecified atom stereocenters. The van der Waals surface area contributed by atoms with E-state index in [2.05, 4.69) is 84.9 Å². The van der Waals surface area contributed by atoms with Crippen LogP contribution < -0.4 is 4.57 Å². The first kappa shape index (κ1) is 17.3. The van der Waals surface area contributed by atoms with Crippen LogP contribution in [0.1, 0.15) is 22.4 Å². The lowest BCUT2D eigenvalue weighted by Crippen LogP contribution is -2.30. The van der Waals surface area contributed by atoms with Crippen LogP contribution >= 0.6 is 0 Å². The normalized spacial score (nSPS) is 11.1. The summed E-state index contributed by atoms with van der Waals surface area (Å²) in [6.45, 7) is 8.49. The number of aromatic nitrogens is 3. The zero-order chi connectivity index (χ0) is 19.1. The predicted molar refractivity (Wildman–Crippen MR) is 111 cm³/mol. The van der Waals surface area contributed by atoms with E-state index >= 15 is 0 Å². The van der Waals surface area contributed by atoms with Gasteiger partial charge in [0.2, 0.25) is 5.69 Å². The lowest BCUT2D eigenvalue weighted by molar-refractivity contribution is -0.659. The molecule has 0 fully saturated rings. The standard InChI is InChI=1S/C24H24N3/c1-15-8-16(2)18(4)22(9-15)24-11-21-10-19(6-7-20(21)14-27(24)5)23-13-25-17(3)12-26-23/h6-14H,1-5H3/q+1. The van der Waals surface area contributed by atoms with Gasteiger partial charge in [-0.2, -0.15) is 0 Å². The van der Waals surface area contributed by atoms with Crippen LogP contribution in [0.3, 0.4) is 0 Å². The minimum atomic E-state index is 0.903. The smallest absolute Gasteiger partial charge is 0.213 e. The summed E-state index contributed by atoms with van der Waals surface area (Å²) < 4.78 is 2.22. The highest BCUT2D eigenvalue weighted by molar-refractivity contribution is 5.88. The van der Waals surface area contributed by atoms with Gasteiger partial charge in [-0.15, -0.1) is 0 Å². The molecule has 0 bridgehead atoms. The Morgan fingerprint density at radius 1 is 0.815 bits per heavy atom. The van der Waals surface area contributed by atoms with Crippen molar-refractivity contribution in [3.8, 4) is 22.5 Å². The van der Waals surface area contributed by atoms with Crippen LogP contribution in [0.5, 0.6) is 0 Å². The third kappa shape index (κ3) is 3.21. The first-order chi connectivity index (χ1) is 12.9. The molecule has 0 aliphatic rings. The molecule has 134 valence electrons. The Morgan fingerprint density at radius 2 is 1.63 bits per heavy atom. The number of rotatable bonds is 2. The van der Waals surface area contributed by atoms with Gasteiger partial charge in [-0.3, -0.25) is 9.97 Å². The Bertz CT molecular complexity index is 1160. The van der Waals surface area contributed by atoms with E-state index in [9.17, 15) is 0 Å². The Morgan fingerprint density at radius 3 is 2.37 bits per heavy atom. The monoisotopic (exact) mass is 354 g/mol. The topological polar surface area (TPSA) is 29.7 Å². The maximum atomic E-state index is 4.52. The van der Waals surface area contributed by atoms with Crippen molar-refractivity contribution < 1.29 is 4.57 Å². The number of pyridine rings is 1. The number of aryl methyl sites for hydroxylation is 4. The van der Waals surface area contributed by atoms with Gasteiger partial charge in [0.15, 0.2) is 6.20 Å². The molecule has 4 aromatic rings. The predicted octanol–water partition coefficient (Wildman–Crippen LogP) is 5.02. The summed E-state index contributed by atoms with van der Waals surface area (Å²) >= 11 is 0. The SMILES string of the molecule is Cc1cc(C)c(C)c(-c2cc3cc(-c4cnc(C)cn4)ccc3c[n+]2C)c1. The molecule has 0 saturated heterocycles. The molecule has 4 rings (SSSR count). The second-order valence-corrected chi connectivity index (χ2v) is 7.41. The lowest BCUT2D eigenvalue weighted by Gasteiger charge is -2.10. The van der Waals surface area contributed by atoms with Gasteiger partial charge in [0.05, 0.1) is 17.6 Å². The van der Waals surface area contributed by atoms with Crippen molar-refractivity contribution in [3.05, 3.63) is 77.4 Å². The molecule has 2 aromatic carbocycles. The molecule has 3 nitrogen and oxygen atoms in total. The van der Waals surface area contributed by atoms with E-state index in [0.717, 1.165) is 17.0 Å². The third-order valence-corrected chi connectivity index (χ3v) is 5.26. The minimum absolute atomic E-state index is 0.903. The van der Waals surface area contributed by atoms with Gasteiger partial charge in [0.25, 0.3) is 0 Å². The molecule has 0 saturated carbocycles. The van der Waals surface area contributed by atoms with Crippen LogP contribution in [0, 0.1) is 27.7 Å². The van der Waals surface area contributed by atoms with E-state index < -0.39 is 0 Å². The molecule has 2 aromatic heterocycles. The molecule has 0 aliphatic heterocycles. The van der Waals surface area contributed by atoms with Crippen molar-refractivity contribution in [2.24, 2.45) is 7.05 Å². The average Bonchev–Trinajstić information content (AvgIpc) is 2.64. The van der Waals surface area contributed by atoms with Crippen LogP contribution in [0.2, 0.25) is 0 Å². The third-order valence-electron chi connectivity index (χ3n) is 5.26. The van der Waals surface area contributed by atoms with Gasteiger partial charge < -0.3 is 0 Å². The summed E-state index contributed by atoms with van der Waals surface area (Å²) in [7, 11) is 2.12. The molecule has 2 heterocycles. The molecule has 0 aliphatic carbocycles. The Balaban J connectivity index is 1.90. The molecule has 0 radical (unpaired) electrons. The van der Waals surface area contributed by atoms with Gasteiger partial charge in [-0.05, 0) is 62.4 Å².